The maximum absolute atomic E-state index is 13.1. The third kappa shape index (κ3) is 2.06. The zero-order valence-electron chi connectivity index (χ0n) is 9.26. The lowest BCUT2D eigenvalue weighted by Gasteiger charge is -2.24. The van der Waals surface area contributed by atoms with E-state index in [9.17, 15) is 4.39 Å². The molecule has 1 heterocycles. The average Bonchev–Trinajstić information content (AvgIpc) is 2.38. The van der Waals surface area contributed by atoms with E-state index in [0.717, 1.165) is 31.0 Å². The second kappa shape index (κ2) is 4.09. The van der Waals surface area contributed by atoms with Crippen LogP contribution in [0.25, 0.3) is 0 Å². The van der Waals surface area contributed by atoms with E-state index in [2.05, 4.69) is 24.1 Å². The topological polar surface area (TPSA) is 15.3 Å². The van der Waals surface area contributed by atoms with Gasteiger partial charge in [0.25, 0.3) is 0 Å². The normalized spacial score (nSPS) is 20.5. The highest BCUT2D eigenvalue weighted by atomic mass is 19.1. The predicted octanol–water partition coefficient (Wildman–Crippen LogP) is 2.71. The molecule has 1 aliphatic rings. The molecule has 2 rings (SSSR count). The van der Waals surface area contributed by atoms with Crippen molar-refractivity contribution >= 4 is 11.4 Å². The molecule has 2 nitrogen and oxygen atoms in total. The third-order valence-corrected chi connectivity index (χ3v) is 2.85. The molecule has 82 valence electrons. The molecule has 1 atom stereocenters. The average molecular weight is 208 g/mol. The van der Waals surface area contributed by atoms with Gasteiger partial charge in [0.05, 0.1) is 11.4 Å². The van der Waals surface area contributed by atoms with E-state index in [1.165, 1.54) is 6.07 Å². The van der Waals surface area contributed by atoms with Gasteiger partial charge in [0.1, 0.15) is 5.82 Å². The molecule has 0 bridgehead atoms. The standard InChI is InChI=1S/C12H17FN2/c1-3-15-8-9(2)7-14-11-6-10(13)4-5-12(11)15/h4-6,9,14H,3,7-8H2,1-2H3. The molecule has 1 N–H and O–H groups in total. The number of anilines is 2. The molecule has 0 radical (unpaired) electrons. The Hall–Kier alpha value is -1.25. The van der Waals surface area contributed by atoms with Gasteiger partial charge in [-0.1, -0.05) is 6.92 Å². The summed E-state index contributed by atoms with van der Waals surface area (Å²) < 4.78 is 13.1. The van der Waals surface area contributed by atoms with Crippen LogP contribution in [0.15, 0.2) is 18.2 Å². The Balaban J connectivity index is 2.38. The molecule has 0 amide bonds. The third-order valence-electron chi connectivity index (χ3n) is 2.85. The van der Waals surface area contributed by atoms with Gasteiger partial charge in [-0.05, 0) is 31.0 Å². The Kier molecular flexibility index (Phi) is 2.80. The molecule has 1 aliphatic heterocycles. The Bertz CT molecular complexity index is 351. The zero-order valence-corrected chi connectivity index (χ0v) is 9.26. The molecular weight excluding hydrogens is 191 g/mol. The van der Waals surface area contributed by atoms with Gasteiger partial charge in [0, 0.05) is 19.6 Å². The van der Waals surface area contributed by atoms with Crippen molar-refractivity contribution in [2.75, 3.05) is 29.9 Å². The molecule has 0 aromatic heterocycles. The largest absolute Gasteiger partial charge is 0.383 e. The van der Waals surface area contributed by atoms with Gasteiger partial charge in [0.2, 0.25) is 0 Å². The smallest absolute Gasteiger partial charge is 0.125 e. The number of fused-ring (bicyclic) bond motifs is 1. The van der Waals surface area contributed by atoms with Crippen LogP contribution in [-0.2, 0) is 0 Å². The molecule has 1 unspecified atom stereocenters. The minimum absolute atomic E-state index is 0.174. The highest BCUT2D eigenvalue weighted by Crippen LogP contribution is 2.29. The van der Waals surface area contributed by atoms with Crippen LogP contribution in [0.5, 0.6) is 0 Å². The SMILES string of the molecule is CCN1CC(C)CNc2cc(F)ccc21. The lowest BCUT2D eigenvalue weighted by molar-refractivity contribution is 0.602. The summed E-state index contributed by atoms with van der Waals surface area (Å²) >= 11 is 0. The van der Waals surface area contributed by atoms with Gasteiger partial charge < -0.3 is 10.2 Å². The van der Waals surface area contributed by atoms with Gasteiger partial charge >= 0.3 is 0 Å². The highest BCUT2D eigenvalue weighted by Gasteiger charge is 2.17. The predicted molar refractivity (Wildman–Crippen MR) is 61.9 cm³/mol. The van der Waals surface area contributed by atoms with E-state index < -0.39 is 0 Å². The second-order valence-corrected chi connectivity index (χ2v) is 4.19. The van der Waals surface area contributed by atoms with Crippen LogP contribution in [-0.4, -0.2) is 19.6 Å². The van der Waals surface area contributed by atoms with Crippen LogP contribution in [0, 0.1) is 11.7 Å². The lowest BCUT2D eigenvalue weighted by Crippen LogP contribution is -2.28. The summed E-state index contributed by atoms with van der Waals surface area (Å²) in [5.74, 6) is 0.410. The number of hydrogen-bond donors (Lipinski definition) is 1. The molecule has 1 aromatic carbocycles. The number of benzene rings is 1. The van der Waals surface area contributed by atoms with E-state index in [-0.39, 0.29) is 5.82 Å². The Morgan fingerprint density at radius 2 is 2.33 bits per heavy atom. The summed E-state index contributed by atoms with van der Waals surface area (Å²) in [5.41, 5.74) is 2.03. The van der Waals surface area contributed by atoms with Crippen LogP contribution >= 0.6 is 0 Å². The van der Waals surface area contributed by atoms with Crippen molar-refractivity contribution in [1.29, 1.82) is 0 Å². The van der Waals surface area contributed by atoms with Crippen molar-refractivity contribution in [3.63, 3.8) is 0 Å². The van der Waals surface area contributed by atoms with Crippen LogP contribution in [0.2, 0.25) is 0 Å². The summed E-state index contributed by atoms with van der Waals surface area (Å²) in [6, 6.07) is 4.97. The van der Waals surface area contributed by atoms with E-state index >= 15 is 0 Å². The fraction of sp³-hybridized carbons (Fsp3) is 0.500. The summed E-state index contributed by atoms with van der Waals surface area (Å²) in [4.78, 5) is 2.29. The number of nitrogens with one attached hydrogen (secondary N) is 1. The first kappa shape index (κ1) is 10.3. The van der Waals surface area contributed by atoms with E-state index in [1.54, 1.807) is 6.07 Å². The molecule has 0 fully saturated rings. The number of hydrogen-bond acceptors (Lipinski definition) is 2. The summed E-state index contributed by atoms with van der Waals surface area (Å²) in [7, 11) is 0. The molecule has 15 heavy (non-hydrogen) atoms. The van der Waals surface area contributed by atoms with Crippen LogP contribution in [0.3, 0.4) is 0 Å². The van der Waals surface area contributed by atoms with Crippen molar-refractivity contribution in [3.05, 3.63) is 24.0 Å². The fourth-order valence-corrected chi connectivity index (χ4v) is 2.05. The molecule has 0 spiro atoms. The van der Waals surface area contributed by atoms with E-state index in [1.807, 2.05) is 6.07 Å². The van der Waals surface area contributed by atoms with Gasteiger partial charge in [0.15, 0.2) is 0 Å². The van der Waals surface area contributed by atoms with Crippen LogP contribution < -0.4 is 10.2 Å². The first-order valence-corrected chi connectivity index (χ1v) is 5.49. The number of nitrogens with zero attached hydrogens (tertiary/aromatic N) is 1. The Labute approximate surface area is 90.1 Å². The van der Waals surface area contributed by atoms with Gasteiger partial charge in [-0.3, -0.25) is 0 Å². The van der Waals surface area contributed by atoms with Gasteiger partial charge in [-0.15, -0.1) is 0 Å². The van der Waals surface area contributed by atoms with Crippen molar-refractivity contribution in [2.45, 2.75) is 13.8 Å². The van der Waals surface area contributed by atoms with Crippen LogP contribution in [0.1, 0.15) is 13.8 Å². The zero-order chi connectivity index (χ0) is 10.8. The first-order valence-electron chi connectivity index (χ1n) is 5.49. The molecule has 1 aromatic rings. The molecule has 0 saturated carbocycles. The van der Waals surface area contributed by atoms with Gasteiger partial charge in [-0.2, -0.15) is 0 Å². The molecule has 0 aliphatic carbocycles. The van der Waals surface area contributed by atoms with Crippen molar-refractivity contribution in [1.82, 2.24) is 0 Å². The summed E-state index contributed by atoms with van der Waals surface area (Å²) in [5, 5.41) is 3.30. The highest BCUT2D eigenvalue weighted by molar-refractivity contribution is 5.70. The summed E-state index contributed by atoms with van der Waals surface area (Å²) in [6.07, 6.45) is 0. The monoisotopic (exact) mass is 208 g/mol. The molecular formula is C12H17FN2. The van der Waals surface area contributed by atoms with Crippen LogP contribution in [0.4, 0.5) is 15.8 Å². The van der Waals surface area contributed by atoms with Gasteiger partial charge in [-0.25, -0.2) is 4.39 Å². The maximum Gasteiger partial charge on any atom is 0.125 e. The summed E-state index contributed by atoms with van der Waals surface area (Å²) in [6.45, 7) is 7.24. The van der Waals surface area contributed by atoms with Crippen molar-refractivity contribution in [2.24, 2.45) is 5.92 Å². The maximum atomic E-state index is 13.1. The quantitative estimate of drug-likeness (QED) is 0.763. The lowest BCUT2D eigenvalue weighted by atomic mass is 10.2. The minimum atomic E-state index is -0.174. The number of halogens is 1. The molecule has 3 heteroatoms. The second-order valence-electron chi connectivity index (χ2n) is 4.19. The Morgan fingerprint density at radius 3 is 3.07 bits per heavy atom. The van der Waals surface area contributed by atoms with Crippen molar-refractivity contribution in [3.8, 4) is 0 Å². The van der Waals surface area contributed by atoms with E-state index in [4.69, 9.17) is 0 Å². The minimum Gasteiger partial charge on any atom is -0.383 e. The first-order chi connectivity index (χ1) is 7.20. The Morgan fingerprint density at radius 1 is 1.53 bits per heavy atom. The fourth-order valence-electron chi connectivity index (χ4n) is 2.05. The molecule has 0 saturated heterocycles. The number of rotatable bonds is 1. The van der Waals surface area contributed by atoms with E-state index in [0.29, 0.717) is 5.92 Å². The van der Waals surface area contributed by atoms with Crippen molar-refractivity contribution < 1.29 is 4.39 Å².